The molecule has 4 heterocycles. The first kappa shape index (κ1) is 23.3. The van der Waals surface area contributed by atoms with Gasteiger partial charge in [0.2, 0.25) is 5.91 Å². The van der Waals surface area contributed by atoms with E-state index in [9.17, 15) is 14.7 Å². The maximum absolute atomic E-state index is 13.6. The van der Waals surface area contributed by atoms with Crippen LogP contribution in [0.15, 0.2) is 48.5 Å². The Morgan fingerprint density at radius 1 is 1.08 bits per heavy atom. The summed E-state index contributed by atoms with van der Waals surface area (Å²) in [7, 11) is 0. The van der Waals surface area contributed by atoms with Crippen molar-refractivity contribution in [2.45, 2.75) is 38.9 Å². The van der Waals surface area contributed by atoms with Crippen LogP contribution >= 0.6 is 11.5 Å². The second kappa shape index (κ2) is 9.10. The van der Waals surface area contributed by atoms with E-state index in [4.69, 9.17) is 4.74 Å². The van der Waals surface area contributed by atoms with Crippen LogP contribution in [0, 0.1) is 12.3 Å². The van der Waals surface area contributed by atoms with Crippen LogP contribution in [0.5, 0.6) is 0 Å². The lowest BCUT2D eigenvalue weighted by molar-refractivity contribution is -0.128. The number of nitrogens with zero attached hydrogens (tertiary/aromatic N) is 3. The minimum absolute atomic E-state index is 0.213. The molecule has 2 saturated heterocycles. The summed E-state index contributed by atoms with van der Waals surface area (Å²) in [5.74, 6) is -0.0783. The zero-order valence-electron chi connectivity index (χ0n) is 20.3. The fourth-order valence-electron chi connectivity index (χ4n) is 5.87. The van der Waals surface area contributed by atoms with Gasteiger partial charge in [-0.05, 0) is 68.0 Å². The van der Waals surface area contributed by atoms with Crippen molar-refractivity contribution in [3.63, 3.8) is 0 Å². The summed E-state index contributed by atoms with van der Waals surface area (Å²) in [6, 6.07) is 15.7. The molecule has 1 atom stereocenters. The molecule has 0 saturated carbocycles. The lowest BCUT2D eigenvalue weighted by atomic mass is 9.77. The number of benzene rings is 2. The first-order valence-electron chi connectivity index (χ1n) is 12.5. The predicted molar refractivity (Wildman–Crippen MR) is 138 cm³/mol. The number of amides is 1. The number of anilines is 1. The van der Waals surface area contributed by atoms with Crippen molar-refractivity contribution >= 4 is 28.4 Å². The summed E-state index contributed by atoms with van der Waals surface area (Å²) in [4.78, 5) is 29.5. The molecule has 1 aromatic heterocycles. The minimum Gasteiger partial charge on any atom is -0.457 e. The Kier molecular flexibility index (Phi) is 5.90. The Morgan fingerprint density at radius 3 is 2.61 bits per heavy atom. The van der Waals surface area contributed by atoms with Gasteiger partial charge in [0.1, 0.15) is 11.6 Å². The van der Waals surface area contributed by atoms with E-state index in [0.717, 1.165) is 71.8 Å². The second-order valence-electron chi connectivity index (χ2n) is 10.1. The first-order chi connectivity index (χ1) is 17.4. The Labute approximate surface area is 214 Å². The highest BCUT2D eigenvalue weighted by molar-refractivity contribution is 7.10. The highest BCUT2D eigenvalue weighted by Gasteiger charge is 2.49. The number of aromatic nitrogens is 1. The third-order valence-corrected chi connectivity index (χ3v) is 8.97. The zero-order valence-corrected chi connectivity index (χ0v) is 21.1. The number of carbonyl (C=O) groups is 2. The third-order valence-electron chi connectivity index (χ3n) is 8.16. The molecule has 36 heavy (non-hydrogen) atoms. The van der Waals surface area contributed by atoms with Crippen molar-refractivity contribution in [1.29, 1.82) is 0 Å². The van der Waals surface area contributed by atoms with Crippen molar-refractivity contribution < 1.29 is 19.4 Å². The van der Waals surface area contributed by atoms with Gasteiger partial charge in [0.15, 0.2) is 0 Å². The van der Waals surface area contributed by atoms with Gasteiger partial charge in [-0.2, -0.15) is 4.37 Å². The number of esters is 1. The molecule has 7 nitrogen and oxygen atoms in total. The lowest BCUT2D eigenvalue weighted by Crippen LogP contribution is -2.45. The average Bonchev–Trinajstić information content (AvgIpc) is 3.61. The summed E-state index contributed by atoms with van der Waals surface area (Å²) in [6.45, 7) is 5.02. The molecule has 8 heteroatoms. The molecule has 0 bridgehead atoms. The fourth-order valence-corrected chi connectivity index (χ4v) is 6.65. The highest BCUT2D eigenvalue weighted by atomic mass is 32.1. The van der Waals surface area contributed by atoms with Gasteiger partial charge in [0.05, 0.1) is 22.8 Å². The number of likely N-dealkylation sites (tertiary alicyclic amines) is 1. The molecule has 1 N–H and O–H groups in total. The van der Waals surface area contributed by atoms with Gasteiger partial charge < -0.3 is 19.6 Å². The molecule has 0 aliphatic carbocycles. The first-order valence-corrected chi connectivity index (χ1v) is 13.3. The summed E-state index contributed by atoms with van der Waals surface area (Å²) in [5.41, 5.74) is 4.90. The molecule has 6 rings (SSSR count). The largest absolute Gasteiger partial charge is 0.457 e. The van der Waals surface area contributed by atoms with Crippen molar-refractivity contribution in [1.82, 2.24) is 9.27 Å². The third kappa shape index (κ3) is 3.93. The number of β-amino-alcohol motifs (C(OH)–C–C–N with tert-alkyl or cyclic N) is 1. The number of piperidine rings is 1. The molecule has 2 fully saturated rings. The molecule has 3 aromatic rings. The van der Waals surface area contributed by atoms with Crippen molar-refractivity contribution in [2.75, 3.05) is 31.1 Å². The van der Waals surface area contributed by atoms with Crippen LogP contribution in [0.4, 0.5) is 5.00 Å². The Bertz CT molecular complexity index is 1310. The molecule has 2 aromatic carbocycles. The smallest absolute Gasteiger partial charge is 0.338 e. The van der Waals surface area contributed by atoms with Gasteiger partial charge in [-0.1, -0.05) is 36.4 Å². The molecule has 3 aliphatic rings. The maximum Gasteiger partial charge on any atom is 0.338 e. The van der Waals surface area contributed by atoms with E-state index in [1.165, 1.54) is 11.5 Å². The topological polar surface area (TPSA) is 83.0 Å². The number of aliphatic hydroxyl groups excluding tert-OH is 1. The van der Waals surface area contributed by atoms with E-state index < -0.39 is 6.10 Å². The standard InChI is InChI=1S/C28H29N3O4S/c1-18-20(7-8-21-22(18)17-35-26(21)33)24(32)16-30-12-9-28(10-13-30)11-14-31(27(28)34)25-15-23(29-36-25)19-5-3-2-4-6-19/h2-8,15,24,32H,9-14,16-17H2,1H3. The van der Waals surface area contributed by atoms with E-state index >= 15 is 0 Å². The van der Waals surface area contributed by atoms with E-state index in [2.05, 4.69) is 9.27 Å². The van der Waals surface area contributed by atoms with E-state index in [1.54, 1.807) is 6.07 Å². The van der Waals surface area contributed by atoms with E-state index in [-0.39, 0.29) is 23.9 Å². The van der Waals surface area contributed by atoms with Crippen LogP contribution in [-0.2, 0) is 16.1 Å². The number of hydrogen-bond donors (Lipinski definition) is 1. The van der Waals surface area contributed by atoms with Crippen molar-refractivity contribution in [2.24, 2.45) is 5.41 Å². The molecule has 0 radical (unpaired) electrons. The normalized spacial score (nSPS) is 20.1. The number of cyclic esters (lactones) is 1. The molecule has 1 unspecified atom stereocenters. The van der Waals surface area contributed by atoms with Crippen LogP contribution in [0.2, 0.25) is 0 Å². The second-order valence-corrected chi connectivity index (χ2v) is 10.9. The number of ether oxygens (including phenoxy) is 1. The zero-order chi connectivity index (χ0) is 24.9. The average molecular weight is 504 g/mol. The molecule has 3 aliphatic heterocycles. The molecule has 1 spiro atoms. The minimum atomic E-state index is -0.649. The van der Waals surface area contributed by atoms with Crippen LogP contribution in [0.1, 0.15) is 52.4 Å². The molecule has 186 valence electrons. The van der Waals surface area contributed by atoms with Crippen molar-refractivity contribution in [3.05, 3.63) is 70.8 Å². The summed E-state index contributed by atoms with van der Waals surface area (Å²) < 4.78 is 9.74. The molecule has 1 amide bonds. The lowest BCUT2D eigenvalue weighted by Gasteiger charge is -2.38. The summed E-state index contributed by atoms with van der Waals surface area (Å²) in [5, 5.41) is 11.9. The van der Waals surface area contributed by atoms with E-state index in [1.807, 2.05) is 54.3 Å². The Balaban J connectivity index is 1.09. The monoisotopic (exact) mass is 503 g/mol. The number of hydrogen-bond acceptors (Lipinski definition) is 7. The summed E-state index contributed by atoms with van der Waals surface area (Å²) >= 11 is 1.39. The Hall–Kier alpha value is -3.07. The van der Waals surface area contributed by atoms with E-state index in [0.29, 0.717) is 12.1 Å². The number of fused-ring (bicyclic) bond motifs is 1. The number of carbonyl (C=O) groups excluding carboxylic acids is 2. The quantitative estimate of drug-likeness (QED) is 0.522. The number of aliphatic hydroxyl groups is 1. The van der Waals surface area contributed by atoms with Gasteiger partial charge in [0, 0.05) is 30.3 Å². The van der Waals surface area contributed by atoms with Crippen molar-refractivity contribution in [3.8, 4) is 11.3 Å². The SMILES string of the molecule is Cc1c(C(O)CN2CCC3(CC2)CCN(c2cc(-c4ccccc4)ns2)C3=O)ccc2c1COC2=O. The van der Waals surface area contributed by atoms with Crippen LogP contribution in [0.25, 0.3) is 11.3 Å². The van der Waals surface area contributed by atoms with Gasteiger partial charge in [0.25, 0.3) is 0 Å². The van der Waals surface area contributed by atoms with Crippen LogP contribution in [0.3, 0.4) is 0 Å². The van der Waals surface area contributed by atoms with Gasteiger partial charge in [-0.15, -0.1) is 0 Å². The van der Waals surface area contributed by atoms with Crippen LogP contribution < -0.4 is 4.90 Å². The van der Waals surface area contributed by atoms with Gasteiger partial charge in [-0.25, -0.2) is 4.79 Å². The summed E-state index contributed by atoms with van der Waals surface area (Å²) in [6.07, 6.45) is 1.80. The molecular weight excluding hydrogens is 474 g/mol. The number of rotatable bonds is 5. The maximum atomic E-state index is 13.6. The predicted octanol–water partition coefficient (Wildman–Crippen LogP) is 4.34. The van der Waals surface area contributed by atoms with Gasteiger partial charge in [-0.3, -0.25) is 4.79 Å². The van der Waals surface area contributed by atoms with Crippen LogP contribution in [-0.4, -0.2) is 52.4 Å². The van der Waals surface area contributed by atoms with Gasteiger partial charge >= 0.3 is 5.97 Å². The molecular formula is C28H29N3O4S. The Morgan fingerprint density at radius 2 is 1.83 bits per heavy atom. The fraction of sp³-hybridized carbons (Fsp3) is 0.393. The highest BCUT2D eigenvalue weighted by Crippen LogP contribution is 2.44.